The van der Waals surface area contributed by atoms with Gasteiger partial charge in [0.05, 0.1) is 12.1 Å². The molecule has 0 aromatic heterocycles. The molecule has 0 radical (unpaired) electrons. The highest BCUT2D eigenvalue weighted by Gasteiger charge is 2.27. The average Bonchev–Trinajstić information content (AvgIpc) is 2.62. The molecule has 0 saturated heterocycles. The first-order chi connectivity index (χ1) is 12.4. The van der Waals surface area contributed by atoms with Gasteiger partial charge in [-0.15, -0.1) is 0 Å². The van der Waals surface area contributed by atoms with Gasteiger partial charge in [-0.25, -0.2) is 4.39 Å². The first kappa shape index (κ1) is 20.1. The first-order valence-corrected chi connectivity index (χ1v) is 9.17. The largest absolute Gasteiger partial charge is 0.358 e. The number of benzene rings is 1. The van der Waals surface area contributed by atoms with Gasteiger partial charge in [-0.3, -0.25) is 20.4 Å². The lowest BCUT2D eigenvalue weighted by Crippen LogP contribution is -2.53. The van der Waals surface area contributed by atoms with Gasteiger partial charge in [0.25, 0.3) is 11.8 Å². The minimum Gasteiger partial charge on any atom is -0.358 e. The van der Waals surface area contributed by atoms with Crippen molar-refractivity contribution in [2.24, 2.45) is 11.8 Å². The van der Waals surface area contributed by atoms with Crippen molar-refractivity contribution in [3.63, 3.8) is 0 Å². The number of thiocarbonyl (C=S) groups is 1. The summed E-state index contributed by atoms with van der Waals surface area (Å²) in [5.41, 5.74) is 4.95. The van der Waals surface area contributed by atoms with Gasteiger partial charge in [0, 0.05) is 6.04 Å². The molecular formula is C18H25FN4O2S. The number of amides is 2. The number of nitrogens with one attached hydrogen (secondary N) is 4. The van der Waals surface area contributed by atoms with Crippen molar-refractivity contribution in [1.29, 1.82) is 0 Å². The van der Waals surface area contributed by atoms with Gasteiger partial charge >= 0.3 is 0 Å². The Morgan fingerprint density at radius 3 is 2.65 bits per heavy atom. The zero-order valence-electron chi connectivity index (χ0n) is 15.0. The predicted octanol–water partition coefficient (Wildman–Crippen LogP) is 1.88. The van der Waals surface area contributed by atoms with E-state index in [-0.39, 0.29) is 18.2 Å². The molecule has 0 heterocycles. The molecule has 3 atom stereocenters. The predicted molar refractivity (Wildman–Crippen MR) is 102 cm³/mol. The molecule has 1 aromatic rings. The summed E-state index contributed by atoms with van der Waals surface area (Å²) in [6.45, 7) is 4.13. The molecule has 0 spiro atoms. The molecule has 6 nitrogen and oxygen atoms in total. The van der Waals surface area contributed by atoms with Gasteiger partial charge in [0.15, 0.2) is 5.11 Å². The van der Waals surface area contributed by atoms with E-state index in [4.69, 9.17) is 12.2 Å². The van der Waals surface area contributed by atoms with E-state index in [0.29, 0.717) is 16.9 Å². The van der Waals surface area contributed by atoms with Crippen LogP contribution in [-0.2, 0) is 4.79 Å². The van der Waals surface area contributed by atoms with Crippen LogP contribution in [0.1, 0.15) is 43.5 Å². The molecular weight excluding hydrogens is 355 g/mol. The van der Waals surface area contributed by atoms with E-state index in [1.165, 1.54) is 24.6 Å². The quantitative estimate of drug-likeness (QED) is 0.474. The maximum absolute atomic E-state index is 13.5. The second-order valence-corrected chi connectivity index (χ2v) is 7.09. The van der Waals surface area contributed by atoms with Gasteiger partial charge < -0.3 is 10.6 Å². The summed E-state index contributed by atoms with van der Waals surface area (Å²) in [6, 6.07) is 5.86. The second-order valence-electron chi connectivity index (χ2n) is 6.68. The normalized spacial score (nSPS) is 22.2. The van der Waals surface area contributed by atoms with E-state index in [0.717, 1.165) is 12.8 Å². The fourth-order valence-corrected chi connectivity index (χ4v) is 3.26. The molecule has 0 bridgehead atoms. The Labute approximate surface area is 158 Å². The Kier molecular flexibility index (Phi) is 7.32. The van der Waals surface area contributed by atoms with Crippen LogP contribution in [0.2, 0.25) is 0 Å². The minimum absolute atomic E-state index is 0.106. The number of carbonyl (C=O) groups excluding carboxylic acids is 2. The third kappa shape index (κ3) is 5.66. The van der Waals surface area contributed by atoms with Crippen LogP contribution < -0.4 is 21.5 Å². The third-order valence-corrected chi connectivity index (χ3v) is 5.09. The smallest absolute Gasteiger partial charge is 0.257 e. The summed E-state index contributed by atoms with van der Waals surface area (Å²) in [7, 11) is 0. The van der Waals surface area contributed by atoms with Gasteiger partial charge in [-0.05, 0) is 42.6 Å². The highest BCUT2D eigenvalue weighted by atomic mass is 32.1. The lowest BCUT2D eigenvalue weighted by atomic mass is 9.78. The van der Waals surface area contributed by atoms with Crippen molar-refractivity contribution in [1.82, 2.24) is 21.5 Å². The zero-order valence-corrected chi connectivity index (χ0v) is 15.8. The van der Waals surface area contributed by atoms with Crippen LogP contribution in [0.5, 0.6) is 0 Å². The second kappa shape index (κ2) is 9.47. The summed E-state index contributed by atoms with van der Waals surface area (Å²) in [4.78, 5) is 23.7. The highest BCUT2D eigenvalue weighted by Crippen LogP contribution is 2.29. The maximum Gasteiger partial charge on any atom is 0.257 e. The lowest BCUT2D eigenvalue weighted by Gasteiger charge is -2.35. The first-order valence-electron chi connectivity index (χ1n) is 8.76. The summed E-state index contributed by atoms with van der Waals surface area (Å²) in [6.07, 6.45) is 3.41. The molecule has 0 unspecified atom stereocenters. The van der Waals surface area contributed by atoms with Crippen molar-refractivity contribution in [2.75, 3.05) is 6.54 Å². The third-order valence-electron chi connectivity index (χ3n) is 4.87. The van der Waals surface area contributed by atoms with Gasteiger partial charge in [-0.1, -0.05) is 38.8 Å². The van der Waals surface area contributed by atoms with Gasteiger partial charge in [-0.2, -0.15) is 0 Å². The van der Waals surface area contributed by atoms with Crippen LogP contribution in [0.25, 0.3) is 0 Å². The number of halogens is 1. The van der Waals surface area contributed by atoms with Crippen molar-refractivity contribution in [3.8, 4) is 0 Å². The molecule has 8 heteroatoms. The molecule has 1 aliphatic rings. The Morgan fingerprint density at radius 1 is 1.19 bits per heavy atom. The fourth-order valence-electron chi connectivity index (χ4n) is 3.06. The molecule has 2 rings (SSSR count). The number of carbonyl (C=O) groups is 2. The Bertz CT molecular complexity index is 670. The summed E-state index contributed by atoms with van der Waals surface area (Å²) >= 11 is 5.20. The molecule has 1 aromatic carbocycles. The molecule has 26 heavy (non-hydrogen) atoms. The van der Waals surface area contributed by atoms with Crippen LogP contribution in [0.15, 0.2) is 24.3 Å². The maximum atomic E-state index is 13.5. The Morgan fingerprint density at radius 2 is 1.92 bits per heavy atom. The van der Waals surface area contributed by atoms with Crippen LogP contribution >= 0.6 is 12.2 Å². The molecule has 1 saturated carbocycles. The molecule has 1 fully saturated rings. The lowest BCUT2D eigenvalue weighted by molar-refractivity contribution is -0.120. The Hall–Kier alpha value is -2.22. The number of rotatable bonds is 4. The van der Waals surface area contributed by atoms with Crippen molar-refractivity contribution < 1.29 is 14.0 Å². The molecule has 1 aliphatic carbocycles. The van der Waals surface area contributed by atoms with Crippen LogP contribution in [0, 0.1) is 17.7 Å². The van der Waals surface area contributed by atoms with Gasteiger partial charge in [0.1, 0.15) is 5.82 Å². The number of hydrogen-bond acceptors (Lipinski definition) is 3. The van der Waals surface area contributed by atoms with Crippen molar-refractivity contribution in [2.45, 2.75) is 39.2 Å². The van der Waals surface area contributed by atoms with Crippen LogP contribution in [-0.4, -0.2) is 29.5 Å². The molecule has 142 valence electrons. The van der Waals surface area contributed by atoms with Crippen LogP contribution in [0.3, 0.4) is 0 Å². The van der Waals surface area contributed by atoms with Crippen molar-refractivity contribution >= 4 is 29.1 Å². The summed E-state index contributed by atoms with van der Waals surface area (Å²) < 4.78 is 13.5. The number of hydrogen-bond donors (Lipinski definition) is 4. The number of hydrazine groups is 1. The molecule has 0 aliphatic heterocycles. The van der Waals surface area contributed by atoms with E-state index in [2.05, 4.69) is 35.3 Å². The van der Waals surface area contributed by atoms with E-state index in [1.807, 2.05) is 0 Å². The average molecular weight is 380 g/mol. The van der Waals surface area contributed by atoms with E-state index in [1.54, 1.807) is 6.07 Å². The van der Waals surface area contributed by atoms with E-state index < -0.39 is 17.6 Å². The Balaban J connectivity index is 1.70. The fraction of sp³-hybridized carbons (Fsp3) is 0.500. The van der Waals surface area contributed by atoms with Crippen LogP contribution in [0.4, 0.5) is 4.39 Å². The van der Waals surface area contributed by atoms with Gasteiger partial charge in [0.2, 0.25) is 0 Å². The monoisotopic (exact) mass is 380 g/mol. The summed E-state index contributed by atoms with van der Waals surface area (Å²) in [5.74, 6) is -0.635. The highest BCUT2D eigenvalue weighted by molar-refractivity contribution is 7.80. The van der Waals surface area contributed by atoms with E-state index in [9.17, 15) is 14.0 Å². The zero-order chi connectivity index (χ0) is 19.1. The standard InChI is InChI=1S/C18H25FN4O2S/c1-11-6-5-9-15(12(11)2)21-18(26)23-22-16(24)10-20-17(25)13-7-3-4-8-14(13)19/h3-4,7-8,11-12,15H,5-6,9-10H2,1-2H3,(H,20,25)(H,22,24)(H2,21,23,26)/t11-,12+,15+/m0/s1. The molecule has 2 amide bonds. The SMILES string of the molecule is C[C@@H]1[C@@H](C)CCC[C@H]1NC(=S)NNC(=O)CNC(=O)c1ccccc1F. The minimum atomic E-state index is -0.649. The van der Waals surface area contributed by atoms with E-state index >= 15 is 0 Å². The molecule has 4 N–H and O–H groups in total. The summed E-state index contributed by atoms with van der Waals surface area (Å²) in [5, 5.41) is 5.92. The topological polar surface area (TPSA) is 82.3 Å². The van der Waals surface area contributed by atoms with Crippen molar-refractivity contribution in [3.05, 3.63) is 35.6 Å².